The summed E-state index contributed by atoms with van der Waals surface area (Å²) >= 11 is 0. The van der Waals surface area contributed by atoms with Crippen LogP contribution in [0.4, 0.5) is 0 Å². The fraction of sp³-hybridized carbons (Fsp3) is 0.917. The second-order valence-electron chi connectivity index (χ2n) is 5.17. The zero-order valence-electron chi connectivity index (χ0n) is 12.0. The molecule has 0 aliphatic carbocycles. The van der Waals surface area contributed by atoms with Crippen LogP contribution in [0.25, 0.3) is 0 Å². The third kappa shape index (κ3) is 4.64. The van der Waals surface area contributed by atoms with Crippen LogP contribution in [0, 0.1) is 0 Å². The average molecular weight is 342 g/mol. The van der Waals surface area contributed by atoms with E-state index >= 15 is 0 Å². The van der Waals surface area contributed by atoms with E-state index in [4.69, 9.17) is 19.7 Å². The van der Waals surface area contributed by atoms with Gasteiger partial charge in [-0.2, -0.15) is 0 Å². The van der Waals surface area contributed by atoms with Crippen LogP contribution in [-0.2, 0) is 14.3 Å². The molecule has 0 radical (unpaired) electrons. The van der Waals surface area contributed by atoms with E-state index in [1.54, 1.807) is 0 Å². The summed E-state index contributed by atoms with van der Waals surface area (Å²) in [5.41, 5.74) is 0. The SMILES string of the molecule is O=C[C@@H](O)[C@@H](O[C@@H]1O[C@H](CO)[C@@H](O)[C@H](O)[C@H]1O)[C@H](O)[C@H](O)CO. The highest BCUT2D eigenvalue weighted by molar-refractivity contribution is 5.56. The molecule has 0 amide bonds. The lowest BCUT2D eigenvalue weighted by Gasteiger charge is -2.41. The number of aliphatic hydroxyl groups excluding tert-OH is 8. The van der Waals surface area contributed by atoms with Crippen LogP contribution in [0.3, 0.4) is 0 Å². The third-order valence-corrected chi connectivity index (χ3v) is 3.53. The van der Waals surface area contributed by atoms with Crippen molar-refractivity contribution in [3.8, 4) is 0 Å². The first-order chi connectivity index (χ1) is 10.8. The Hall–Kier alpha value is -0.730. The first-order valence-corrected chi connectivity index (χ1v) is 6.84. The Kier molecular flexibility index (Phi) is 7.89. The van der Waals surface area contributed by atoms with Gasteiger partial charge < -0.3 is 55.1 Å². The number of carbonyl (C=O) groups is 1. The molecule has 1 aliphatic heterocycles. The van der Waals surface area contributed by atoms with Gasteiger partial charge in [0.2, 0.25) is 0 Å². The highest BCUT2D eigenvalue weighted by Crippen LogP contribution is 2.24. The van der Waals surface area contributed by atoms with Crippen LogP contribution in [0.1, 0.15) is 0 Å². The molecule has 11 nitrogen and oxygen atoms in total. The molecule has 0 spiro atoms. The van der Waals surface area contributed by atoms with Crippen molar-refractivity contribution in [3.05, 3.63) is 0 Å². The molecular weight excluding hydrogens is 320 g/mol. The molecule has 11 heteroatoms. The van der Waals surface area contributed by atoms with Crippen LogP contribution in [0.5, 0.6) is 0 Å². The molecule has 136 valence electrons. The topological polar surface area (TPSA) is 197 Å². The van der Waals surface area contributed by atoms with Crippen LogP contribution in [0.15, 0.2) is 0 Å². The molecule has 0 saturated carbocycles. The van der Waals surface area contributed by atoms with Crippen LogP contribution in [-0.4, -0.2) is 115 Å². The van der Waals surface area contributed by atoms with Gasteiger partial charge in [0.05, 0.1) is 13.2 Å². The Morgan fingerprint density at radius 1 is 1.04 bits per heavy atom. The van der Waals surface area contributed by atoms with Crippen molar-refractivity contribution >= 4 is 6.29 Å². The molecule has 23 heavy (non-hydrogen) atoms. The molecule has 0 bridgehead atoms. The Morgan fingerprint density at radius 2 is 1.65 bits per heavy atom. The van der Waals surface area contributed by atoms with Gasteiger partial charge in [0.1, 0.15) is 48.8 Å². The van der Waals surface area contributed by atoms with E-state index in [9.17, 15) is 35.4 Å². The third-order valence-electron chi connectivity index (χ3n) is 3.53. The molecular formula is C12H22O11. The van der Waals surface area contributed by atoms with Gasteiger partial charge in [-0.25, -0.2) is 0 Å². The van der Waals surface area contributed by atoms with Crippen molar-refractivity contribution in [2.45, 2.75) is 55.1 Å². The summed E-state index contributed by atoms with van der Waals surface area (Å²) in [6, 6.07) is 0. The number of aldehydes is 1. The van der Waals surface area contributed by atoms with Gasteiger partial charge in [0.25, 0.3) is 0 Å². The number of rotatable bonds is 8. The minimum Gasteiger partial charge on any atom is -0.394 e. The monoisotopic (exact) mass is 342 g/mol. The molecule has 0 aromatic carbocycles. The van der Waals surface area contributed by atoms with E-state index in [1.165, 1.54) is 0 Å². The lowest BCUT2D eigenvalue weighted by molar-refractivity contribution is -0.324. The molecule has 8 N–H and O–H groups in total. The van der Waals surface area contributed by atoms with Crippen LogP contribution in [0.2, 0.25) is 0 Å². The normalized spacial score (nSPS) is 37.0. The fourth-order valence-electron chi connectivity index (χ4n) is 2.10. The predicted molar refractivity (Wildman–Crippen MR) is 69.8 cm³/mol. The number of aliphatic hydroxyl groups is 8. The van der Waals surface area contributed by atoms with Crippen molar-refractivity contribution in [1.29, 1.82) is 0 Å². The Balaban J connectivity index is 2.91. The summed E-state index contributed by atoms with van der Waals surface area (Å²) in [7, 11) is 0. The molecule has 9 atom stereocenters. The highest BCUT2D eigenvalue weighted by atomic mass is 16.7. The van der Waals surface area contributed by atoms with Crippen LogP contribution < -0.4 is 0 Å². The summed E-state index contributed by atoms with van der Waals surface area (Å²) in [4.78, 5) is 10.7. The Bertz CT molecular complexity index is 365. The summed E-state index contributed by atoms with van der Waals surface area (Å²) in [5, 5.41) is 75.6. The van der Waals surface area contributed by atoms with Crippen molar-refractivity contribution in [2.24, 2.45) is 0 Å². The van der Waals surface area contributed by atoms with E-state index in [0.717, 1.165) is 0 Å². The molecule has 1 aliphatic rings. The molecule has 0 aromatic heterocycles. The first kappa shape index (κ1) is 20.3. The first-order valence-electron chi connectivity index (χ1n) is 6.84. The van der Waals surface area contributed by atoms with E-state index in [-0.39, 0.29) is 6.29 Å². The highest BCUT2D eigenvalue weighted by Gasteiger charge is 2.46. The fourth-order valence-corrected chi connectivity index (χ4v) is 2.10. The number of ether oxygens (including phenoxy) is 2. The smallest absolute Gasteiger partial charge is 0.187 e. The van der Waals surface area contributed by atoms with Crippen molar-refractivity contribution in [3.63, 3.8) is 0 Å². The number of hydrogen-bond donors (Lipinski definition) is 8. The summed E-state index contributed by atoms with van der Waals surface area (Å²) in [5.74, 6) is 0. The Morgan fingerprint density at radius 3 is 2.13 bits per heavy atom. The molecule has 1 rings (SSSR count). The molecule has 1 saturated heterocycles. The lowest BCUT2D eigenvalue weighted by atomic mass is 9.98. The Labute approximate surface area is 130 Å². The summed E-state index contributed by atoms with van der Waals surface area (Å²) < 4.78 is 10.0. The van der Waals surface area contributed by atoms with Gasteiger partial charge >= 0.3 is 0 Å². The molecule has 1 heterocycles. The minimum atomic E-state index is -1.95. The van der Waals surface area contributed by atoms with Crippen molar-refractivity contribution in [2.75, 3.05) is 13.2 Å². The van der Waals surface area contributed by atoms with Gasteiger partial charge in [-0.05, 0) is 0 Å². The number of hydrogen-bond acceptors (Lipinski definition) is 11. The van der Waals surface area contributed by atoms with Gasteiger partial charge in [0.15, 0.2) is 12.6 Å². The number of carbonyl (C=O) groups excluding carboxylic acids is 1. The lowest BCUT2D eigenvalue weighted by Crippen LogP contribution is -2.61. The maximum Gasteiger partial charge on any atom is 0.187 e. The second-order valence-corrected chi connectivity index (χ2v) is 5.17. The minimum absolute atomic E-state index is 0.0119. The van der Waals surface area contributed by atoms with E-state index in [1.807, 2.05) is 0 Å². The molecule has 0 unspecified atom stereocenters. The maximum absolute atomic E-state index is 10.7. The van der Waals surface area contributed by atoms with E-state index in [0.29, 0.717) is 0 Å². The van der Waals surface area contributed by atoms with Crippen molar-refractivity contribution in [1.82, 2.24) is 0 Å². The zero-order valence-corrected chi connectivity index (χ0v) is 12.0. The zero-order chi connectivity index (χ0) is 17.7. The molecule has 0 aromatic rings. The maximum atomic E-state index is 10.7. The predicted octanol–water partition coefficient (Wildman–Crippen LogP) is -5.55. The van der Waals surface area contributed by atoms with Gasteiger partial charge in [-0.15, -0.1) is 0 Å². The molecule has 1 fully saturated rings. The van der Waals surface area contributed by atoms with E-state index < -0.39 is 68.3 Å². The largest absolute Gasteiger partial charge is 0.394 e. The van der Waals surface area contributed by atoms with Crippen molar-refractivity contribution < 1.29 is 55.1 Å². The second kappa shape index (κ2) is 8.94. The van der Waals surface area contributed by atoms with Gasteiger partial charge in [-0.3, -0.25) is 0 Å². The van der Waals surface area contributed by atoms with Crippen LogP contribution >= 0.6 is 0 Å². The summed E-state index contributed by atoms with van der Waals surface area (Å²) in [6.07, 6.45) is -15.7. The van der Waals surface area contributed by atoms with E-state index in [2.05, 4.69) is 0 Å². The average Bonchev–Trinajstić information content (AvgIpc) is 2.57. The van der Waals surface area contributed by atoms with Gasteiger partial charge in [-0.1, -0.05) is 0 Å². The quantitative estimate of drug-likeness (QED) is 0.196. The standard InChI is InChI=1S/C12H22O11/c13-1-4(16)7(18)11(5(17)2-14)23-12-10(21)9(20)8(19)6(3-15)22-12/h2,4-13,15-21H,1,3H2/t4-,5-,6-,7-,8-,9+,10-,11-,12+/m1/s1. The van der Waals surface area contributed by atoms with Gasteiger partial charge in [0, 0.05) is 0 Å². The summed E-state index contributed by atoms with van der Waals surface area (Å²) in [6.45, 7) is -1.63.